The van der Waals surface area contributed by atoms with Crippen molar-refractivity contribution in [2.24, 2.45) is 0 Å². The molecule has 8 aromatic carbocycles. The Hall–Kier alpha value is -6.96. The number of nitrogens with zero attached hydrogens (tertiary/aromatic N) is 2. The molecule has 6 heteroatoms. The molecule has 6 nitrogen and oxygen atoms in total. The van der Waals surface area contributed by atoms with Crippen molar-refractivity contribution < 1.29 is 4.42 Å². The maximum atomic E-state index is 6.46. The number of hydrogen-bond donors (Lipinski definition) is 3. The Morgan fingerprint density at radius 3 is 1.68 bits per heavy atom. The number of hydrogen-bond acceptors (Lipinski definition) is 4. The highest BCUT2D eigenvalue weighted by molar-refractivity contribution is 6.27. The molecule has 1 aliphatic heterocycles. The molecule has 4 heterocycles. The summed E-state index contributed by atoms with van der Waals surface area (Å²) >= 11 is 0. The predicted molar refractivity (Wildman–Crippen MR) is 233 cm³/mol. The number of nitrogens with one attached hydrogen (secondary N) is 3. The first-order chi connectivity index (χ1) is 28.3. The van der Waals surface area contributed by atoms with Crippen molar-refractivity contribution in [3.05, 3.63) is 205 Å². The Morgan fingerprint density at radius 1 is 0.351 bits per heavy atom. The van der Waals surface area contributed by atoms with E-state index in [1.165, 1.54) is 38.2 Å². The third-order valence-electron chi connectivity index (χ3n) is 11.8. The van der Waals surface area contributed by atoms with E-state index >= 15 is 0 Å². The zero-order valence-corrected chi connectivity index (χ0v) is 30.9. The highest BCUT2D eigenvalue weighted by atomic mass is 16.3. The lowest BCUT2D eigenvalue weighted by Gasteiger charge is -2.39. The van der Waals surface area contributed by atoms with E-state index in [0.717, 1.165) is 55.4 Å². The first-order valence-electron chi connectivity index (χ1n) is 19.6. The average molecular weight is 736 g/mol. The van der Waals surface area contributed by atoms with Gasteiger partial charge in [0.1, 0.15) is 11.2 Å². The van der Waals surface area contributed by atoms with Crippen molar-refractivity contribution in [3.8, 4) is 11.4 Å². The summed E-state index contributed by atoms with van der Waals surface area (Å²) in [6.07, 6.45) is -0.211. The fourth-order valence-corrected chi connectivity index (χ4v) is 9.25. The van der Waals surface area contributed by atoms with Crippen LogP contribution in [0, 0.1) is 0 Å². The van der Waals surface area contributed by atoms with E-state index in [1.807, 2.05) is 6.07 Å². The molecule has 12 rings (SSSR count). The zero-order chi connectivity index (χ0) is 37.5. The Balaban J connectivity index is 1.07. The molecular weight excluding hydrogens is 699 g/mol. The third-order valence-corrected chi connectivity index (χ3v) is 11.8. The number of furan rings is 1. The Labute approximate surface area is 328 Å². The van der Waals surface area contributed by atoms with E-state index in [2.05, 4.69) is 207 Å². The van der Waals surface area contributed by atoms with Crippen molar-refractivity contribution in [1.82, 2.24) is 25.1 Å². The molecule has 2 atom stereocenters. The normalized spacial score (nSPS) is 17.4. The zero-order valence-electron chi connectivity index (χ0n) is 30.9. The molecule has 1 fully saturated rings. The molecule has 1 saturated heterocycles. The highest BCUT2D eigenvalue weighted by Gasteiger charge is 2.30. The molecule has 272 valence electrons. The molecule has 0 bridgehead atoms. The summed E-state index contributed by atoms with van der Waals surface area (Å²) in [5, 5.41) is 18.7. The fourth-order valence-electron chi connectivity index (χ4n) is 9.25. The maximum absolute atomic E-state index is 6.46. The minimum absolute atomic E-state index is 0.0482. The van der Waals surface area contributed by atoms with Crippen molar-refractivity contribution in [1.29, 1.82) is 0 Å². The minimum atomic E-state index is -0.115. The van der Waals surface area contributed by atoms with Crippen molar-refractivity contribution in [2.45, 2.75) is 18.5 Å². The van der Waals surface area contributed by atoms with Gasteiger partial charge in [0, 0.05) is 49.8 Å². The van der Waals surface area contributed by atoms with E-state index in [-0.39, 0.29) is 18.5 Å². The molecular formula is C51H37N5O. The Bertz CT molecular complexity index is 3240. The van der Waals surface area contributed by atoms with Gasteiger partial charge in [0.25, 0.3) is 0 Å². The maximum Gasteiger partial charge on any atom is 0.137 e. The lowest BCUT2D eigenvalue weighted by atomic mass is 10.0. The van der Waals surface area contributed by atoms with Crippen LogP contribution in [0.25, 0.3) is 76.9 Å². The van der Waals surface area contributed by atoms with Gasteiger partial charge in [-0.3, -0.25) is 16.0 Å². The predicted octanol–water partition coefficient (Wildman–Crippen LogP) is 12.0. The summed E-state index contributed by atoms with van der Waals surface area (Å²) in [5.74, 6) is 0. The van der Waals surface area contributed by atoms with Crippen molar-refractivity contribution in [3.63, 3.8) is 0 Å². The van der Waals surface area contributed by atoms with Gasteiger partial charge in [-0.25, -0.2) is 0 Å². The van der Waals surface area contributed by atoms with Crippen molar-refractivity contribution >= 4 is 65.6 Å². The number of fused-ring (bicyclic) bond motifs is 10. The van der Waals surface area contributed by atoms with Gasteiger partial charge in [0.2, 0.25) is 0 Å². The number of para-hydroxylation sites is 3. The highest BCUT2D eigenvalue weighted by Crippen LogP contribution is 2.44. The smallest absolute Gasteiger partial charge is 0.137 e. The first-order valence-corrected chi connectivity index (χ1v) is 19.6. The standard InChI is InChI=1S/C51H37N5O/c1-4-15-32(16-5-1)49-52-50(33-17-6-2-7-18-33)54-51(53-49)34-19-14-22-36(29-34)55-42-25-12-10-24-39(42)47-43(55)28-27-38-40-30-41-37-23-11-13-26-45(37)57-46(41)31-44(40)56(48(38)47)35-20-8-3-9-21-35/h1-31,49-54H. The van der Waals surface area contributed by atoms with Crippen LogP contribution in [0.1, 0.15) is 35.2 Å². The van der Waals surface area contributed by atoms with E-state index in [1.54, 1.807) is 0 Å². The van der Waals surface area contributed by atoms with Crippen LogP contribution in [0.5, 0.6) is 0 Å². The summed E-state index contributed by atoms with van der Waals surface area (Å²) in [5.41, 5.74) is 12.2. The second-order valence-corrected chi connectivity index (χ2v) is 15.1. The van der Waals surface area contributed by atoms with Crippen LogP contribution in [0.4, 0.5) is 0 Å². The fraction of sp³-hybridized carbons (Fsp3) is 0.0588. The molecule has 3 N–H and O–H groups in total. The Morgan fingerprint density at radius 2 is 0.947 bits per heavy atom. The summed E-state index contributed by atoms with van der Waals surface area (Å²) in [4.78, 5) is 0. The second-order valence-electron chi connectivity index (χ2n) is 15.1. The topological polar surface area (TPSA) is 59.1 Å². The largest absolute Gasteiger partial charge is 0.456 e. The summed E-state index contributed by atoms with van der Waals surface area (Å²) < 4.78 is 11.3. The molecule has 57 heavy (non-hydrogen) atoms. The molecule has 11 aromatic rings. The molecule has 0 aliphatic carbocycles. The lowest BCUT2D eigenvalue weighted by Crippen LogP contribution is -2.54. The number of rotatable bonds is 5. The van der Waals surface area contributed by atoms with Crippen LogP contribution in [0.15, 0.2) is 192 Å². The van der Waals surface area contributed by atoms with Gasteiger partial charge in [-0.15, -0.1) is 0 Å². The van der Waals surface area contributed by atoms with Crippen LogP contribution in [-0.4, -0.2) is 9.13 Å². The van der Waals surface area contributed by atoms with Crippen LogP contribution in [-0.2, 0) is 0 Å². The number of benzene rings is 8. The molecule has 0 spiro atoms. The second kappa shape index (κ2) is 12.8. The molecule has 0 radical (unpaired) electrons. The van der Waals surface area contributed by atoms with Gasteiger partial charge in [-0.05, 0) is 65.2 Å². The van der Waals surface area contributed by atoms with E-state index < -0.39 is 0 Å². The average Bonchev–Trinajstić information content (AvgIpc) is 3.93. The monoisotopic (exact) mass is 735 g/mol. The summed E-state index contributed by atoms with van der Waals surface area (Å²) in [7, 11) is 0. The van der Waals surface area contributed by atoms with Gasteiger partial charge < -0.3 is 13.6 Å². The molecule has 0 saturated carbocycles. The lowest BCUT2D eigenvalue weighted by molar-refractivity contribution is 0.203. The van der Waals surface area contributed by atoms with Crippen LogP contribution < -0.4 is 16.0 Å². The summed E-state index contributed by atoms with van der Waals surface area (Å²) in [6.45, 7) is 0. The SMILES string of the molecule is c1ccc(C2NC(c3ccccc3)NC(c3cccc(-n4c5ccccc5c5c4ccc4c6cc7c(cc6n(-c6ccccc6)c45)oc4ccccc47)c3)N2)cc1. The van der Waals surface area contributed by atoms with Gasteiger partial charge in [0.15, 0.2) is 0 Å². The van der Waals surface area contributed by atoms with Gasteiger partial charge >= 0.3 is 0 Å². The van der Waals surface area contributed by atoms with Crippen molar-refractivity contribution in [2.75, 3.05) is 0 Å². The van der Waals surface area contributed by atoms with Gasteiger partial charge in [-0.2, -0.15) is 0 Å². The molecule has 0 amide bonds. The van der Waals surface area contributed by atoms with Gasteiger partial charge in [0.05, 0.1) is 40.6 Å². The van der Waals surface area contributed by atoms with Crippen LogP contribution in [0.3, 0.4) is 0 Å². The number of aromatic nitrogens is 2. The molecule has 1 aliphatic rings. The minimum Gasteiger partial charge on any atom is -0.456 e. The molecule has 2 unspecified atom stereocenters. The van der Waals surface area contributed by atoms with Gasteiger partial charge in [-0.1, -0.05) is 133 Å². The van der Waals surface area contributed by atoms with Crippen LogP contribution in [0.2, 0.25) is 0 Å². The Kier molecular flexibility index (Phi) is 7.25. The third kappa shape index (κ3) is 5.09. The van der Waals surface area contributed by atoms with Crippen LogP contribution >= 0.6 is 0 Å². The van der Waals surface area contributed by atoms with E-state index in [9.17, 15) is 0 Å². The first kappa shape index (κ1) is 32.3. The quantitative estimate of drug-likeness (QED) is 0.165. The van der Waals surface area contributed by atoms with E-state index in [0.29, 0.717) is 0 Å². The summed E-state index contributed by atoms with van der Waals surface area (Å²) in [6, 6.07) is 67.3. The van der Waals surface area contributed by atoms with E-state index in [4.69, 9.17) is 4.42 Å². The molecule has 3 aromatic heterocycles.